The summed E-state index contributed by atoms with van der Waals surface area (Å²) in [5, 5.41) is 22.7. The molecule has 47 heavy (non-hydrogen) atoms. The highest BCUT2D eigenvalue weighted by molar-refractivity contribution is 7.09. The summed E-state index contributed by atoms with van der Waals surface area (Å²) in [7, 11) is 0. The number of alkyl carbamates (subject to hydrolysis) is 2. The van der Waals surface area contributed by atoms with Gasteiger partial charge in [-0.2, -0.15) is 0 Å². The standard InChI is InChI=1S/C34H41N5O6S2/c1-22(2)32-37-27(20-46-32)18-44-33(42)36-23(3)31(41)39-29(15-25-12-8-5-9-13-25)30(40)16-26(14-24-10-6-4-7-11-24)38-34(43)45-19-28-17-35-21-47-28/h4-13,17,20-23,26,29-30,40H,14-16,18-19H2,1-3H3,(H,36,42)(H,38,43)(H,39,41)/t23?,26-,29-,30-/m0/s1. The number of hydrogen-bond acceptors (Lipinski definition) is 10. The topological polar surface area (TPSA) is 152 Å². The van der Waals surface area contributed by atoms with Gasteiger partial charge in [0.15, 0.2) is 0 Å². The van der Waals surface area contributed by atoms with E-state index in [-0.39, 0.29) is 25.6 Å². The van der Waals surface area contributed by atoms with Gasteiger partial charge in [-0.25, -0.2) is 14.6 Å². The highest BCUT2D eigenvalue weighted by atomic mass is 32.1. The lowest BCUT2D eigenvalue weighted by molar-refractivity contribution is -0.124. The van der Waals surface area contributed by atoms with Crippen molar-refractivity contribution in [2.45, 2.75) is 83.4 Å². The molecule has 11 nitrogen and oxygen atoms in total. The van der Waals surface area contributed by atoms with Crippen molar-refractivity contribution >= 4 is 40.8 Å². The molecule has 2 aromatic carbocycles. The summed E-state index contributed by atoms with van der Waals surface area (Å²) in [4.78, 5) is 47.8. The van der Waals surface area contributed by atoms with Crippen molar-refractivity contribution in [1.29, 1.82) is 0 Å². The number of aromatic nitrogens is 2. The van der Waals surface area contributed by atoms with E-state index in [1.165, 1.54) is 22.7 Å². The number of carbonyl (C=O) groups is 3. The largest absolute Gasteiger partial charge is 0.444 e. The fraction of sp³-hybridized carbons (Fsp3) is 0.382. The van der Waals surface area contributed by atoms with Crippen LogP contribution in [0.1, 0.15) is 59.8 Å². The second kappa shape index (κ2) is 18.1. The molecule has 0 aliphatic carbocycles. The van der Waals surface area contributed by atoms with Gasteiger partial charge in [-0.3, -0.25) is 9.78 Å². The van der Waals surface area contributed by atoms with Crippen LogP contribution >= 0.6 is 22.7 Å². The third-order valence-electron chi connectivity index (χ3n) is 7.23. The summed E-state index contributed by atoms with van der Waals surface area (Å²) in [6, 6.07) is 16.9. The van der Waals surface area contributed by atoms with Gasteiger partial charge in [0, 0.05) is 23.5 Å². The molecule has 4 rings (SSSR count). The first-order valence-corrected chi connectivity index (χ1v) is 17.2. The SMILES string of the molecule is CC(NC(=O)OCc1csc(C(C)C)n1)C(=O)N[C@@H](Cc1ccccc1)[C@@H](O)C[C@H](Cc1ccccc1)NC(=O)OCc1cncs1. The van der Waals surface area contributed by atoms with Crippen molar-refractivity contribution in [2.24, 2.45) is 0 Å². The van der Waals surface area contributed by atoms with Crippen LogP contribution in [0.25, 0.3) is 0 Å². The third-order valence-corrected chi connectivity index (χ3v) is 9.18. The molecule has 4 aromatic rings. The molecular formula is C34H41N5O6S2. The zero-order valence-electron chi connectivity index (χ0n) is 26.6. The Morgan fingerprint density at radius 2 is 1.47 bits per heavy atom. The number of amides is 3. The number of nitrogens with one attached hydrogen (secondary N) is 3. The van der Waals surface area contributed by atoms with Gasteiger partial charge in [0.05, 0.1) is 33.2 Å². The average molecular weight is 680 g/mol. The Morgan fingerprint density at radius 1 is 0.830 bits per heavy atom. The van der Waals surface area contributed by atoms with E-state index in [4.69, 9.17) is 9.47 Å². The minimum atomic E-state index is -1.06. The zero-order chi connectivity index (χ0) is 33.6. The van der Waals surface area contributed by atoms with Crippen molar-refractivity contribution < 1.29 is 29.0 Å². The Morgan fingerprint density at radius 3 is 2.09 bits per heavy atom. The quantitative estimate of drug-likeness (QED) is 0.124. The number of rotatable bonds is 16. The number of nitrogens with zero attached hydrogens (tertiary/aromatic N) is 2. The minimum Gasteiger partial charge on any atom is -0.444 e. The molecule has 250 valence electrons. The van der Waals surface area contributed by atoms with Gasteiger partial charge in [-0.1, -0.05) is 74.5 Å². The number of ether oxygens (including phenoxy) is 2. The molecule has 0 aliphatic rings. The van der Waals surface area contributed by atoms with Crippen LogP contribution in [0.4, 0.5) is 9.59 Å². The van der Waals surface area contributed by atoms with Crippen molar-refractivity contribution in [3.05, 3.63) is 104 Å². The van der Waals surface area contributed by atoms with E-state index in [0.29, 0.717) is 18.5 Å². The molecule has 0 saturated carbocycles. The Kier molecular flexibility index (Phi) is 13.7. The second-order valence-electron chi connectivity index (χ2n) is 11.5. The summed E-state index contributed by atoms with van der Waals surface area (Å²) < 4.78 is 10.7. The lowest BCUT2D eigenvalue weighted by atomic mass is 9.93. The van der Waals surface area contributed by atoms with Crippen LogP contribution < -0.4 is 16.0 Å². The maximum absolute atomic E-state index is 13.3. The van der Waals surface area contributed by atoms with Crippen molar-refractivity contribution in [3.63, 3.8) is 0 Å². The molecule has 0 bridgehead atoms. The molecule has 4 N–H and O–H groups in total. The first-order chi connectivity index (χ1) is 22.7. The van der Waals surface area contributed by atoms with Crippen LogP contribution in [0.15, 0.2) is 77.8 Å². The van der Waals surface area contributed by atoms with E-state index in [2.05, 4.69) is 25.9 Å². The Hall–Kier alpha value is -4.33. The number of thiazole rings is 2. The van der Waals surface area contributed by atoms with Gasteiger partial charge in [-0.05, 0) is 37.3 Å². The molecule has 0 fully saturated rings. The molecule has 0 radical (unpaired) electrons. The third kappa shape index (κ3) is 12.1. The van der Waals surface area contributed by atoms with Crippen molar-refractivity contribution in [2.75, 3.05) is 0 Å². The maximum Gasteiger partial charge on any atom is 0.408 e. The molecule has 1 unspecified atom stereocenters. The lowest BCUT2D eigenvalue weighted by Crippen LogP contribution is -2.53. The molecule has 2 aromatic heterocycles. The molecule has 2 heterocycles. The fourth-order valence-corrected chi connectivity index (χ4v) is 6.07. The number of aliphatic hydroxyl groups excluding tert-OH is 1. The predicted octanol–water partition coefficient (Wildman–Crippen LogP) is 5.35. The van der Waals surface area contributed by atoms with Gasteiger partial charge in [0.25, 0.3) is 0 Å². The summed E-state index contributed by atoms with van der Waals surface area (Å²) >= 11 is 2.89. The van der Waals surface area contributed by atoms with Gasteiger partial charge in [-0.15, -0.1) is 22.7 Å². The molecule has 0 saturated heterocycles. The number of benzene rings is 2. The average Bonchev–Trinajstić information content (AvgIpc) is 3.76. The minimum absolute atomic E-state index is 0.0127. The van der Waals surface area contributed by atoms with Gasteiger partial charge in [0.2, 0.25) is 5.91 Å². The van der Waals surface area contributed by atoms with Crippen LogP contribution in [0, 0.1) is 0 Å². The van der Waals surface area contributed by atoms with Crippen LogP contribution in [-0.2, 0) is 40.3 Å². The highest BCUT2D eigenvalue weighted by Gasteiger charge is 2.28. The van der Waals surface area contributed by atoms with Crippen LogP contribution in [0.2, 0.25) is 0 Å². The lowest BCUT2D eigenvalue weighted by Gasteiger charge is -2.29. The molecular weight excluding hydrogens is 639 g/mol. The first kappa shape index (κ1) is 35.5. The van der Waals surface area contributed by atoms with E-state index in [9.17, 15) is 19.5 Å². The smallest absolute Gasteiger partial charge is 0.408 e. The van der Waals surface area contributed by atoms with Crippen molar-refractivity contribution in [1.82, 2.24) is 25.9 Å². The van der Waals surface area contributed by atoms with Crippen LogP contribution in [0.5, 0.6) is 0 Å². The van der Waals surface area contributed by atoms with Gasteiger partial charge < -0.3 is 30.5 Å². The van der Waals surface area contributed by atoms with E-state index < -0.39 is 42.3 Å². The van der Waals surface area contributed by atoms with Crippen molar-refractivity contribution in [3.8, 4) is 0 Å². The van der Waals surface area contributed by atoms with Crippen LogP contribution in [-0.4, -0.2) is 57.4 Å². The van der Waals surface area contributed by atoms with E-state index in [0.717, 1.165) is 21.0 Å². The fourth-order valence-electron chi connectivity index (χ4n) is 4.74. The molecule has 0 aliphatic heterocycles. The first-order valence-electron chi connectivity index (χ1n) is 15.4. The van der Waals surface area contributed by atoms with Gasteiger partial charge >= 0.3 is 12.2 Å². The monoisotopic (exact) mass is 679 g/mol. The molecule has 3 amide bonds. The Balaban J connectivity index is 1.39. The molecule has 4 atom stereocenters. The summed E-state index contributed by atoms with van der Waals surface area (Å²) in [6.07, 6.45) is 0.0767. The molecule has 0 spiro atoms. The van der Waals surface area contributed by atoms with Gasteiger partial charge in [0.1, 0.15) is 19.3 Å². The normalized spacial score (nSPS) is 13.6. The van der Waals surface area contributed by atoms with E-state index in [1.54, 1.807) is 18.6 Å². The second-order valence-corrected chi connectivity index (χ2v) is 13.3. The molecule has 13 heteroatoms. The number of hydrogen-bond donors (Lipinski definition) is 4. The van der Waals surface area contributed by atoms with E-state index >= 15 is 0 Å². The predicted molar refractivity (Wildman–Crippen MR) is 181 cm³/mol. The summed E-state index contributed by atoms with van der Waals surface area (Å²) in [6.45, 7) is 5.69. The van der Waals surface area contributed by atoms with Crippen LogP contribution in [0.3, 0.4) is 0 Å². The maximum atomic E-state index is 13.3. The highest BCUT2D eigenvalue weighted by Crippen LogP contribution is 2.20. The van der Waals surface area contributed by atoms with E-state index in [1.807, 2.05) is 79.9 Å². The Labute approximate surface area is 282 Å². The summed E-state index contributed by atoms with van der Waals surface area (Å²) in [5.74, 6) is -0.216. The number of aliphatic hydroxyl groups is 1. The Bertz CT molecular complexity index is 1530. The summed E-state index contributed by atoms with van der Waals surface area (Å²) in [5.41, 5.74) is 4.17. The number of carbonyl (C=O) groups excluding carboxylic acids is 3. The zero-order valence-corrected chi connectivity index (χ0v) is 28.3.